The number of rotatable bonds is 3. The number of ether oxygens (including phenoxy) is 3. The van der Waals surface area contributed by atoms with Crippen LogP contribution in [-0.2, 0) is 14.2 Å². The molecule has 2 saturated carbocycles. The molecule has 0 saturated heterocycles. The maximum Gasteiger partial charge on any atom is 0.508 e. The Labute approximate surface area is 116 Å². The van der Waals surface area contributed by atoms with E-state index < -0.39 is 18.4 Å². The molecule has 2 N–H and O–H groups in total. The molecule has 20 heavy (non-hydrogen) atoms. The van der Waals surface area contributed by atoms with Gasteiger partial charge in [-0.2, -0.15) is 0 Å². The zero-order valence-electron chi connectivity index (χ0n) is 11.2. The second kappa shape index (κ2) is 6.78. The van der Waals surface area contributed by atoms with Crippen LogP contribution in [0, 0.1) is 0 Å². The predicted octanol–water partition coefficient (Wildman–Crippen LogP) is 2.06. The summed E-state index contributed by atoms with van der Waals surface area (Å²) in [4.78, 5) is 22.0. The van der Waals surface area contributed by atoms with Gasteiger partial charge in [0.05, 0.1) is 6.10 Å². The smallest absolute Gasteiger partial charge is 0.450 e. The van der Waals surface area contributed by atoms with E-state index in [1.165, 1.54) is 0 Å². The van der Waals surface area contributed by atoms with Crippen molar-refractivity contribution < 1.29 is 34.0 Å². The fourth-order valence-electron chi connectivity index (χ4n) is 2.72. The third kappa shape index (κ3) is 4.56. The van der Waals surface area contributed by atoms with Gasteiger partial charge in [0.2, 0.25) is 0 Å². The van der Waals surface area contributed by atoms with Gasteiger partial charge in [-0.1, -0.05) is 0 Å². The molecule has 2 aliphatic rings. The molecule has 0 aliphatic heterocycles. The van der Waals surface area contributed by atoms with Crippen molar-refractivity contribution in [2.24, 2.45) is 0 Å². The fourth-order valence-corrected chi connectivity index (χ4v) is 2.72. The van der Waals surface area contributed by atoms with Crippen LogP contribution in [0.25, 0.3) is 0 Å². The molecule has 114 valence electrons. The molecule has 0 amide bonds. The molecule has 7 nitrogen and oxygen atoms in total. The van der Waals surface area contributed by atoms with Gasteiger partial charge in [0.15, 0.2) is 0 Å². The summed E-state index contributed by atoms with van der Waals surface area (Å²) >= 11 is 0. The van der Waals surface area contributed by atoms with Crippen LogP contribution in [0.3, 0.4) is 0 Å². The summed E-state index contributed by atoms with van der Waals surface area (Å²) in [6.45, 7) is 0. The Bertz CT molecular complexity index is 349. The first-order valence-corrected chi connectivity index (χ1v) is 6.98. The highest BCUT2D eigenvalue weighted by Gasteiger charge is 2.31. The number of carbonyl (C=O) groups is 2. The van der Waals surface area contributed by atoms with Gasteiger partial charge >= 0.3 is 12.3 Å². The summed E-state index contributed by atoms with van der Waals surface area (Å²) in [6, 6.07) is 0. The Balaban J connectivity index is 1.66. The van der Waals surface area contributed by atoms with Gasteiger partial charge in [-0.15, -0.1) is 0 Å². The number of carboxylic acid groups (broad SMARTS) is 1. The van der Waals surface area contributed by atoms with E-state index in [9.17, 15) is 14.7 Å². The SMILES string of the molecule is O=C(O)OC1CCC(OC(=O)OC2CCC(O)CC2)C1. The summed E-state index contributed by atoms with van der Waals surface area (Å²) in [5, 5.41) is 17.9. The van der Waals surface area contributed by atoms with Crippen LogP contribution in [0.1, 0.15) is 44.9 Å². The molecular weight excluding hydrogens is 268 g/mol. The molecule has 2 aliphatic carbocycles. The molecular formula is C13H20O7. The van der Waals surface area contributed by atoms with Crippen molar-refractivity contribution in [3.05, 3.63) is 0 Å². The Morgan fingerprint density at radius 1 is 0.800 bits per heavy atom. The number of carbonyl (C=O) groups excluding carboxylic acids is 1. The lowest BCUT2D eigenvalue weighted by Crippen LogP contribution is -2.28. The normalized spacial score (nSPS) is 33.5. The maximum atomic E-state index is 11.6. The van der Waals surface area contributed by atoms with Gasteiger partial charge in [0.1, 0.15) is 18.3 Å². The molecule has 0 aromatic heterocycles. The number of aliphatic hydroxyl groups is 1. The molecule has 0 aromatic carbocycles. The Kier molecular flexibility index (Phi) is 5.05. The third-order valence-corrected chi connectivity index (χ3v) is 3.77. The summed E-state index contributed by atoms with van der Waals surface area (Å²) < 4.78 is 15.0. The lowest BCUT2D eigenvalue weighted by Gasteiger charge is -2.25. The molecule has 0 spiro atoms. The van der Waals surface area contributed by atoms with Gasteiger partial charge in [-0.05, 0) is 38.5 Å². The topological polar surface area (TPSA) is 102 Å². The molecule has 2 atom stereocenters. The highest BCUT2D eigenvalue weighted by atomic mass is 16.7. The summed E-state index contributed by atoms with van der Waals surface area (Å²) in [7, 11) is 0. The van der Waals surface area contributed by atoms with Crippen molar-refractivity contribution in [3.63, 3.8) is 0 Å². The molecule has 0 bridgehead atoms. The largest absolute Gasteiger partial charge is 0.508 e. The van der Waals surface area contributed by atoms with Gasteiger partial charge in [0.25, 0.3) is 0 Å². The van der Waals surface area contributed by atoms with Crippen molar-refractivity contribution in [2.45, 2.75) is 69.4 Å². The lowest BCUT2D eigenvalue weighted by atomic mass is 9.95. The average molecular weight is 288 g/mol. The Morgan fingerprint density at radius 2 is 1.30 bits per heavy atom. The predicted molar refractivity (Wildman–Crippen MR) is 66.4 cm³/mol. The minimum Gasteiger partial charge on any atom is -0.450 e. The number of hydrogen-bond acceptors (Lipinski definition) is 6. The van der Waals surface area contributed by atoms with Crippen LogP contribution in [0.2, 0.25) is 0 Å². The van der Waals surface area contributed by atoms with E-state index in [1.54, 1.807) is 0 Å². The molecule has 2 fully saturated rings. The fraction of sp³-hybridized carbons (Fsp3) is 0.846. The minimum atomic E-state index is -1.31. The van der Waals surface area contributed by atoms with Crippen molar-refractivity contribution in [2.75, 3.05) is 0 Å². The standard InChI is InChI=1S/C13H20O7/c14-8-1-3-9(4-2-8)19-13(17)20-11-6-5-10(7-11)18-12(15)16/h8-11,14H,1-7H2,(H,15,16). The van der Waals surface area contributed by atoms with E-state index in [-0.39, 0.29) is 18.3 Å². The second-order valence-electron chi connectivity index (χ2n) is 5.36. The first-order valence-electron chi connectivity index (χ1n) is 6.98. The Morgan fingerprint density at radius 3 is 1.90 bits per heavy atom. The summed E-state index contributed by atoms with van der Waals surface area (Å²) in [6.07, 6.45) is 0.806. The van der Waals surface area contributed by atoms with E-state index in [4.69, 9.17) is 14.6 Å². The summed E-state index contributed by atoms with van der Waals surface area (Å²) in [5.41, 5.74) is 0. The van der Waals surface area contributed by atoms with Crippen molar-refractivity contribution >= 4 is 12.3 Å². The monoisotopic (exact) mass is 288 g/mol. The van der Waals surface area contributed by atoms with E-state index in [1.807, 2.05) is 0 Å². The van der Waals surface area contributed by atoms with Crippen LogP contribution in [-0.4, -0.2) is 46.9 Å². The van der Waals surface area contributed by atoms with Gasteiger partial charge in [-0.3, -0.25) is 0 Å². The maximum absolute atomic E-state index is 11.6. The van der Waals surface area contributed by atoms with E-state index in [0.717, 1.165) is 0 Å². The zero-order chi connectivity index (χ0) is 14.5. The van der Waals surface area contributed by atoms with Crippen molar-refractivity contribution in [1.82, 2.24) is 0 Å². The molecule has 0 heterocycles. The van der Waals surface area contributed by atoms with E-state index in [2.05, 4.69) is 4.74 Å². The van der Waals surface area contributed by atoms with Gasteiger partial charge in [-0.25, -0.2) is 9.59 Å². The highest BCUT2D eigenvalue weighted by Crippen LogP contribution is 2.26. The van der Waals surface area contributed by atoms with Crippen molar-refractivity contribution in [1.29, 1.82) is 0 Å². The first kappa shape index (κ1) is 14.9. The molecule has 0 radical (unpaired) electrons. The molecule has 2 unspecified atom stereocenters. The Hall–Kier alpha value is -1.50. The summed E-state index contributed by atoms with van der Waals surface area (Å²) in [5.74, 6) is 0. The second-order valence-corrected chi connectivity index (χ2v) is 5.36. The third-order valence-electron chi connectivity index (χ3n) is 3.77. The number of hydrogen-bond donors (Lipinski definition) is 2. The van der Waals surface area contributed by atoms with Crippen LogP contribution >= 0.6 is 0 Å². The van der Waals surface area contributed by atoms with Gasteiger partial charge in [0, 0.05) is 6.42 Å². The van der Waals surface area contributed by atoms with E-state index in [0.29, 0.717) is 44.9 Å². The van der Waals surface area contributed by atoms with Gasteiger partial charge < -0.3 is 24.4 Å². The molecule has 0 aromatic rings. The average Bonchev–Trinajstić information content (AvgIpc) is 2.78. The quantitative estimate of drug-likeness (QED) is 0.766. The number of aliphatic hydroxyl groups excluding tert-OH is 1. The minimum absolute atomic E-state index is 0.196. The highest BCUT2D eigenvalue weighted by molar-refractivity contribution is 5.60. The first-order chi connectivity index (χ1) is 9.52. The lowest BCUT2D eigenvalue weighted by molar-refractivity contribution is -0.0250. The molecule has 2 rings (SSSR count). The van der Waals surface area contributed by atoms with Crippen LogP contribution < -0.4 is 0 Å². The van der Waals surface area contributed by atoms with Crippen LogP contribution in [0.4, 0.5) is 9.59 Å². The van der Waals surface area contributed by atoms with E-state index >= 15 is 0 Å². The molecule has 7 heteroatoms. The van der Waals surface area contributed by atoms with Crippen LogP contribution in [0.5, 0.6) is 0 Å². The van der Waals surface area contributed by atoms with Crippen LogP contribution in [0.15, 0.2) is 0 Å². The zero-order valence-corrected chi connectivity index (χ0v) is 11.2. The van der Waals surface area contributed by atoms with Crippen molar-refractivity contribution in [3.8, 4) is 0 Å².